The lowest BCUT2D eigenvalue weighted by Crippen LogP contribution is -2.38. The Hall–Kier alpha value is -1.66. The average Bonchev–Trinajstić information content (AvgIpc) is 3.48. The molecule has 0 unspecified atom stereocenters. The van der Waals surface area contributed by atoms with E-state index in [-0.39, 0.29) is 16.4 Å². The first-order valence-corrected chi connectivity index (χ1v) is 12.7. The predicted octanol–water partition coefficient (Wildman–Crippen LogP) is 3.56. The van der Waals surface area contributed by atoms with Crippen LogP contribution < -0.4 is 0 Å². The van der Waals surface area contributed by atoms with Crippen LogP contribution in [0.1, 0.15) is 15.4 Å². The molecule has 0 saturated carbocycles. The number of carbonyl (C=O) groups is 1. The lowest BCUT2D eigenvalue weighted by molar-refractivity contribution is 0.0469. The van der Waals surface area contributed by atoms with Crippen molar-refractivity contribution in [1.29, 1.82) is 0 Å². The lowest BCUT2D eigenvalue weighted by Gasteiger charge is -2.25. The summed E-state index contributed by atoms with van der Waals surface area (Å²) in [6, 6.07) is 5.24. The van der Waals surface area contributed by atoms with Gasteiger partial charge in [-0.15, -0.1) is 22.7 Å². The summed E-state index contributed by atoms with van der Waals surface area (Å²) in [7, 11) is -3.71. The van der Waals surface area contributed by atoms with Crippen molar-refractivity contribution >= 4 is 50.4 Å². The van der Waals surface area contributed by atoms with Crippen LogP contribution in [0.15, 0.2) is 44.5 Å². The first-order chi connectivity index (χ1) is 13.6. The lowest BCUT2D eigenvalue weighted by atomic mass is 10.4. The molecule has 0 N–H and O–H groups in total. The van der Waals surface area contributed by atoms with Crippen LogP contribution in [0, 0.1) is 0 Å². The van der Waals surface area contributed by atoms with Gasteiger partial charge in [0, 0.05) is 24.6 Å². The zero-order valence-corrected chi connectivity index (χ0v) is 17.8. The monoisotopic (exact) mass is 456 g/mol. The number of oxazole rings is 1. The minimum absolute atomic E-state index is 0.00817. The fraction of sp³-hybridized carbons (Fsp3) is 0.294. The molecule has 7 nitrogen and oxygen atoms in total. The molecule has 28 heavy (non-hydrogen) atoms. The number of sulfonamides is 1. The van der Waals surface area contributed by atoms with Gasteiger partial charge >= 0.3 is 5.97 Å². The third kappa shape index (κ3) is 4.03. The SMILES string of the molecule is O=C(OCc1coc(-c2cccs2)n1)c1sccc1S(=O)(=O)N1CCSCC1. The number of thiophene rings is 2. The third-order valence-corrected chi connectivity index (χ3v) is 8.80. The Kier molecular flexibility index (Phi) is 5.88. The molecule has 148 valence electrons. The maximum Gasteiger partial charge on any atom is 0.350 e. The number of thioether (sulfide) groups is 1. The highest BCUT2D eigenvalue weighted by Gasteiger charge is 2.31. The molecular weight excluding hydrogens is 440 g/mol. The number of aromatic nitrogens is 1. The van der Waals surface area contributed by atoms with E-state index in [1.165, 1.54) is 28.0 Å². The summed E-state index contributed by atoms with van der Waals surface area (Å²) < 4.78 is 37.9. The highest BCUT2D eigenvalue weighted by Crippen LogP contribution is 2.28. The summed E-state index contributed by atoms with van der Waals surface area (Å²) in [5.74, 6) is 1.29. The Morgan fingerprint density at radius 3 is 2.79 bits per heavy atom. The molecule has 0 spiro atoms. The molecule has 0 atom stereocenters. The molecule has 11 heteroatoms. The minimum Gasteiger partial charge on any atom is -0.455 e. The van der Waals surface area contributed by atoms with E-state index in [0.29, 0.717) is 24.7 Å². The van der Waals surface area contributed by atoms with Gasteiger partial charge in [-0.3, -0.25) is 0 Å². The molecule has 3 aromatic heterocycles. The van der Waals surface area contributed by atoms with Crippen molar-refractivity contribution in [2.75, 3.05) is 24.6 Å². The van der Waals surface area contributed by atoms with Crippen LogP contribution in [0.2, 0.25) is 0 Å². The predicted molar refractivity (Wildman–Crippen MR) is 109 cm³/mol. The highest BCUT2D eigenvalue weighted by molar-refractivity contribution is 7.99. The molecule has 0 aromatic carbocycles. The smallest absolute Gasteiger partial charge is 0.350 e. The van der Waals surface area contributed by atoms with Crippen LogP contribution in [-0.4, -0.2) is 48.3 Å². The topological polar surface area (TPSA) is 89.7 Å². The van der Waals surface area contributed by atoms with Gasteiger partial charge in [-0.1, -0.05) is 6.07 Å². The summed E-state index contributed by atoms with van der Waals surface area (Å²) >= 11 is 4.27. The third-order valence-electron chi connectivity index (χ3n) is 4.04. The minimum atomic E-state index is -3.71. The van der Waals surface area contributed by atoms with Gasteiger partial charge in [0.05, 0.1) is 4.88 Å². The van der Waals surface area contributed by atoms with Gasteiger partial charge in [-0.05, 0) is 22.9 Å². The van der Waals surface area contributed by atoms with E-state index >= 15 is 0 Å². The maximum atomic E-state index is 12.9. The summed E-state index contributed by atoms with van der Waals surface area (Å²) in [5.41, 5.74) is 0.464. The molecule has 1 fully saturated rings. The number of carbonyl (C=O) groups excluding carboxylic acids is 1. The maximum absolute atomic E-state index is 12.9. The van der Waals surface area contributed by atoms with E-state index in [9.17, 15) is 13.2 Å². The van der Waals surface area contributed by atoms with Crippen molar-refractivity contribution in [2.24, 2.45) is 0 Å². The van der Waals surface area contributed by atoms with Crippen LogP contribution >= 0.6 is 34.4 Å². The first kappa shape index (κ1) is 19.6. The van der Waals surface area contributed by atoms with Crippen molar-refractivity contribution < 1.29 is 22.4 Å². The van der Waals surface area contributed by atoms with Crippen molar-refractivity contribution in [3.05, 3.63) is 45.8 Å². The normalized spacial score (nSPS) is 15.6. The second-order valence-corrected chi connectivity index (χ2v) is 10.8. The fourth-order valence-corrected chi connectivity index (χ4v) is 7.18. The molecule has 0 aliphatic carbocycles. The van der Waals surface area contributed by atoms with Crippen LogP contribution in [0.4, 0.5) is 0 Å². The van der Waals surface area contributed by atoms with Crippen molar-refractivity contribution in [3.8, 4) is 10.8 Å². The van der Waals surface area contributed by atoms with Gasteiger partial charge in [0.2, 0.25) is 15.9 Å². The summed E-state index contributed by atoms with van der Waals surface area (Å²) in [5, 5.41) is 3.51. The van der Waals surface area contributed by atoms with Gasteiger partial charge in [0.1, 0.15) is 28.3 Å². The Labute approximate surface area is 174 Å². The quantitative estimate of drug-likeness (QED) is 0.524. The number of hydrogen-bond donors (Lipinski definition) is 0. The number of nitrogens with zero attached hydrogens (tertiary/aromatic N) is 2. The molecule has 0 radical (unpaired) electrons. The zero-order valence-electron chi connectivity index (χ0n) is 14.6. The van der Waals surface area contributed by atoms with Crippen molar-refractivity contribution in [1.82, 2.24) is 9.29 Å². The molecule has 1 aliphatic rings. The number of ether oxygens (including phenoxy) is 1. The van der Waals surface area contributed by atoms with E-state index in [0.717, 1.165) is 27.7 Å². The van der Waals surface area contributed by atoms with E-state index in [4.69, 9.17) is 9.15 Å². The van der Waals surface area contributed by atoms with Crippen molar-refractivity contribution in [2.45, 2.75) is 11.5 Å². The number of rotatable bonds is 6. The van der Waals surface area contributed by atoms with Crippen LogP contribution in [0.25, 0.3) is 10.8 Å². The van der Waals surface area contributed by atoms with Gasteiger partial charge in [-0.25, -0.2) is 18.2 Å². The summed E-state index contributed by atoms with van der Waals surface area (Å²) in [6.45, 7) is 0.801. The molecule has 4 heterocycles. The Balaban J connectivity index is 1.45. The molecule has 1 saturated heterocycles. The van der Waals surface area contributed by atoms with Crippen LogP contribution in [0.5, 0.6) is 0 Å². The van der Waals surface area contributed by atoms with E-state index in [1.807, 2.05) is 17.5 Å². The molecule has 1 aliphatic heterocycles. The Bertz CT molecular complexity index is 1050. The second kappa shape index (κ2) is 8.37. The number of hydrogen-bond acceptors (Lipinski definition) is 9. The average molecular weight is 457 g/mol. The van der Waals surface area contributed by atoms with Gasteiger partial charge in [0.15, 0.2) is 0 Å². The summed E-state index contributed by atoms with van der Waals surface area (Å²) in [6.07, 6.45) is 1.43. The zero-order chi connectivity index (χ0) is 19.6. The highest BCUT2D eigenvalue weighted by atomic mass is 32.2. The van der Waals surface area contributed by atoms with Crippen LogP contribution in [-0.2, 0) is 21.4 Å². The van der Waals surface area contributed by atoms with E-state index < -0.39 is 16.0 Å². The molecule has 3 aromatic rings. The Morgan fingerprint density at radius 2 is 2.04 bits per heavy atom. The molecular formula is C17H16N2O5S4. The molecule has 0 amide bonds. The van der Waals surface area contributed by atoms with Crippen LogP contribution in [0.3, 0.4) is 0 Å². The first-order valence-electron chi connectivity index (χ1n) is 8.36. The molecule has 4 rings (SSSR count). The second-order valence-electron chi connectivity index (χ2n) is 5.83. The number of esters is 1. The van der Waals surface area contributed by atoms with E-state index in [1.54, 1.807) is 17.1 Å². The van der Waals surface area contributed by atoms with E-state index in [2.05, 4.69) is 4.98 Å². The summed E-state index contributed by atoms with van der Waals surface area (Å²) in [4.78, 5) is 17.8. The molecule has 0 bridgehead atoms. The van der Waals surface area contributed by atoms with Gasteiger partial charge in [0.25, 0.3) is 0 Å². The standard InChI is InChI=1S/C17H16N2O5S4/c20-17(24-11-12-10-23-16(18-12)13-2-1-6-26-13)15-14(3-7-27-15)28(21,22)19-4-8-25-9-5-19/h1-3,6-7,10H,4-5,8-9,11H2. The van der Waals surface area contributed by atoms with Gasteiger partial charge < -0.3 is 9.15 Å². The Morgan fingerprint density at radius 1 is 1.21 bits per heavy atom. The largest absolute Gasteiger partial charge is 0.455 e. The van der Waals surface area contributed by atoms with Crippen molar-refractivity contribution in [3.63, 3.8) is 0 Å². The fourth-order valence-electron chi connectivity index (χ4n) is 2.67. The van der Waals surface area contributed by atoms with Gasteiger partial charge in [-0.2, -0.15) is 16.1 Å².